The smallest absolute Gasteiger partial charge is 0.329 e. The highest BCUT2D eigenvalue weighted by Crippen LogP contribution is 2.39. The molecule has 1 amide bonds. The molecule has 1 aliphatic rings. The topological polar surface area (TPSA) is 79.5 Å². The minimum atomic E-state index is -1.20. The molecule has 0 saturated heterocycles. The molecular weight excluding hydrogens is 266 g/mol. The summed E-state index contributed by atoms with van der Waals surface area (Å²) in [7, 11) is 0. The predicted octanol–water partition coefficient (Wildman–Crippen LogP) is 2.13. The number of nitrogens with one attached hydrogen (secondary N) is 1. The summed E-state index contributed by atoms with van der Waals surface area (Å²) >= 11 is 1.59. The third kappa shape index (κ3) is 2.94. The fraction of sp³-hybridized carbons (Fsp3) is 0.538. The molecule has 1 aromatic heterocycles. The Balaban J connectivity index is 2.08. The Morgan fingerprint density at radius 1 is 1.53 bits per heavy atom. The first kappa shape index (κ1) is 14.0. The van der Waals surface area contributed by atoms with E-state index < -0.39 is 17.4 Å². The molecule has 19 heavy (non-hydrogen) atoms. The Morgan fingerprint density at radius 3 is 2.74 bits per heavy atom. The van der Waals surface area contributed by atoms with Gasteiger partial charge in [0.2, 0.25) is 0 Å². The zero-order valence-electron chi connectivity index (χ0n) is 10.9. The number of amides is 1. The number of carbonyl (C=O) groups excluding carboxylic acids is 1. The normalized spacial score (nSPS) is 17.8. The first-order valence-electron chi connectivity index (χ1n) is 6.11. The van der Waals surface area contributed by atoms with E-state index in [1.165, 1.54) is 0 Å². The Labute approximate surface area is 115 Å². The SMILES string of the molecule is CSCc1ccc(C(=O)NC(C)(C(=O)O)C2CC2)o1. The quantitative estimate of drug-likeness (QED) is 0.836. The molecule has 2 N–H and O–H groups in total. The van der Waals surface area contributed by atoms with Crippen LogP contribution in [0.25, 0.3) is 0 Å². The van der Waals surface area contributed by atoms with E-state index >= 15 is 0 Å². The third-order valence-corrected chi connectivity index (χ3v) is 3.96. The van der Waals surface area contributed by atoms with E-state index in [1.54, 1.807) is 30.8 Å². The standard InChI is InChI=1S/C13H17NO4S/c1-13(12(16)17,8-3-4-8)14-11(15)10-6-5-9(18-10)7-19-2/h5-6,8H,3-4,7H2,1-2H3,(H,14,15)(H,16,17). The van der Waals surface area contributed by atoms with Crippen molar-refractivity contribution in [1.82, 2.24) is 5.32 Å². The molecule has 1 unspecified atom stereocenters. The highest BCUT2D eigenvalue weighted by atomic mass is 32.2. The van der Waals surface area contributed by atoms with Gasteiger partial charge in [-0.05, 0) is 44.1 Å². The van der Waals surface area contributed by atoms with Gasteiger partial charge in [0.15, 0.2) is 5.76 Å². The molecule has 2 rings (SSSR count). The van der Waals surface area contributed by atoms with Gasteiger partial charge in [-0.3, -0.25) is 4.79 Å². The lowest BCUT2D eigenvalue weighted by Crippen LogP contribution is -2.53. The monoisotopic (exact) mass is 283 g/mol. The summed E-state index contributed by atoms with van der Waals surface area (Å²) in [5.74, 6) is 0.0998. The number of thioether (sulfide) groups is 1. The second-order valence-corrected chi connectivity index (χ2v) is 5.80. The average Bonchev–Trinajstić information content (AvgIpc) is 3.10. The first-order valence-corrected chi connectivity index (χ1v) is 7.50. The zero-order valence-corrected chi connectivity index (χ0v) is 11.8. The molecule has 1 saturated carbocycles. The van der Waals surface area contributed by atoms with E-state index in [2.05, 4.69) is 5.32 Å². The van der Waals surface area contributed by atoms with Crippen molar-refractivity contribution in [3.05, 3.63) is 23.7 Å². The van der Waals surface area contributed by atoms with Gasteiger partial charge in [0, 0.05) is 0 Å². The molecule has 1 atom stereocenters. The Bertz CT molecular complexity index is 495. The van der Waals surface area contributed by atoms with Gasteiger partial charge < -0.3 is 14.8 Å². The number of rotatable bonds is 6. The van der Waals surface area contributed by atoms with Crippen LogP contribution in [0.3, 0.4) is 0 Å². The molecule has 0 aliphatic heterocycles. The van der Waals surface area contributed by atoms with Crippen molar-refractivity contribution in [2.24, 2.45) is 5.92 Å². The van der Waals surface area contributed by atoms with Crippen LogP contribution in [0.2, 0.25) is 0 Å². The van der Waals surface area contributed by atoms with E-state index in [1.807, 2.05) is 6.26 Å². The molecule has 0 bridgehead atoms. The molecule has 1 aromatic rings. The van der Waals surface area contributed by atoms with Gasteiger partial charge in [-0.1, -0.05) is 0 Å². The van der Waals surface area contributed by atoms with Crippen molar-refractivity contribution >= 4 is 23.6 Å². The van der Waals surface area contributed by atoms with Gasteiger partial charge in [0.1, 0.15) is 11.3 Å². The number of hydrogen-bond donors (Lipinski definition) is 2. The van der Waals surface area contributed by atoms with Crippen molar-refractivity contribution in [1.29, 1.82) is 0 Å². The van der Waals surface area contributed by atoms with Crippen LogP contribution in [0, 0.1) is 5.92 Å². The average molecular weight is 283 g/mol. The summed E-state index contributed by atoms with van der Waals surface area (Å²) in [6.45, 7) is 1.55. The number of hydrogen-bond acceptors (Lipinski definition) is 4. The molecule has 5 nitrogen and oxygen atoms in total. The highest BCUT2D eigenvalue weighted by molar-refractivity contribution is 7.97. The lowest BCUT2D eigenvalue weighted by Gasteiger charge is -2.25. The number of aliphatic carboxylic acids is 1. The fourth-order valence-corrected chi connectivity index (χ4v) is 2.45. The molecule has 1 aliphatic carbocycles. The molecule has 0 aromatic carbocycles. The van der Waals surface area contributed by atoms with Crippen LogP contribution in [0.5, 0.6) is 0 Å². The van der Waals surface area contributed by atoms with Crippen LogP contribution in [-0.2, 0) is 10.5 Å². The van der Waals surface area contributed by atoms with Crippen molar-refractivity contribution in [2.75, 3.05) is 6.26 Å². The lowest BCUT2D eigenvalue weighted by atomic mass is 9.96. The van der Waals surface area contributed by atoms with Gasteiger partial charge in [-0.15, -0.1) is 0 Å². The van der Waals surface area contributed by atoms with E-state index in [-0.39, 0.29) is 11.7 Å². The maximum absolute atomic E-state index is 12.0. The van der Waals surface area contributed by atoms with E-state index in [9.17, 15) is 14.7 Å². The van der Waals surface area contributed by atoms with Crippen LogP contribution in [0.15, 0.2) is 16.5 Å². The second-order valence-electron chi connectivity index (χ2n) is 4.93. The summed E-state index contributed by atoms with van der Waals surface area (Å²) < 4.78 is 5.39. The summed E-state index contributed by atoms with van der Waals surface area (Å²) in [6, 6.07) is 3.32. The van der Waals surface area contributed by atoms with Gasteiger partial charge >= 0.3 is 5.97 Å². The molecular formula is C13H17NO4S. The van der Waals surface area contributed by atoms with Crippen molar-refractivity contribution in [3.63, 3.8) is 0 Å². The molecule has 1 heterocycles. The number of furan rings is 1. The van der Waals surface area contributed by atoms with Gasteiger partial charge in [0.25, 0.3) is 5.91 Å². The molecule has 6 heteroatoms. The first-order chi connectivity index (χ1) is 8.97. The Hall–Kier alpha value is -1.43. The third-order valence-electron chi connectivity index (χ3n) is 3.38. The molecule has 0 radical (unpaired) electrons. The summed E-state index contributed by atoms with van der Waals surface area (Å²) in [5.41, 5.74) is -1.20. The summed E-state index contributed by atoms with van der Waals surface area (Å²) in [5, 5.41) is 11.9. The second kappa shape index (κ2) is 5.28. The van der Waals surface area contributed by atoms with Crippen LogP contribution < -0.4 is 5.32 Å². The fourth-order valence-electron chi connectivity index (χ4n) is 2.01. The number of carbonyl (C=O) groups is 2. The minimum absolute atomic E-state index is 0.00887. The molecule has 104 valence electrons. The zero-order chi connectivity index (χ0) is 14.0. The summed E-state index contributed by atoms with van der Waals surface area (Å²) in [4.78, 5) is 23.4. The maximum atomic E-state index is 12.0. The Morgan fingerprint density at radius 2 is 2.21 bits per heavy atom. The maximum Gasteiger partial charge on any atom is 0.329 e. The number of carboxylic acid groups (broad SMARTS) is 1. The minimum Gasteiger partial charge on any atom is -0.480 e. The summed E-state index contributed by atoms with van der Waals surface area (Å²) in [6.07, 6.45) is 3.61. The van der Waals surface area contributed by atoms with Crippen LogP contribution in [0.1, 0.15) is 36.1 Å². The lowest BCUT2D eigenvalue weighted by molar-refractivity contribution is -0.144. The van der Waals surface area contributed by atoms with Gasteiger partial charge in [-0.2, -0.15) is 11.8 Å². The van der Waals surface area contributed by atoms with E-state index in [4.69, 9.17) is 4.42 Å². The number of carboxylic acids is 1. The van der Waals surface area contributed by atoms with Crippen molar-refractivity contribution in [3.8, 4) is 0 Å². The molecule has 0 spiro atoms. The van der Waals surface area contributed by atoms with Crippen LogP contribution >= 0.6 is 11.8 Å². The van der Waals surface area contributed by atoms with Gasteiger partial charge in [0.05, 0.1) is 5.75 Å². The highest BCUT2D eigenvalue weighted by Gasteiger charge is 2.48. The van der Waals surface area contributed by atoms with Gasteiger partial charge in [-0.25, -0.2) is 4.79 Å². The largest absolute Gasteiger partial charge is 0.480 e. The van der Waals surface area contributed by atoms with E-state index in [0.717, 1.165) is 12.8 Å². The predicted molar refractivity (Wildman–Crippen MR) is 72.2 cm³/mol. The molecule has 1 fully saturated rings. The van der Waals surface area contributed by atoms with Crippen LogP contribution in [-0.4, -0.2) is 28.8 Å². The van der Waals surface area contributed by atoms with Crippen LogP contribution in [0.4, 0.5) is 0 Å². The Kier molecular flexibility index (Phi) is 3.89. The van der Waals surface area contributed by atoms with Crippen molar-refractivity contribution < 1.29 is 19.1 Å². The van der Waals surface area contributed by atoms with E-state index in [0.29, 0.717) is 11.5 Å². The van der Waals surface area contributed by atoms with Crippen molar-refractivity contribution in [2.45, 2.75) is 31.1 Å².